The minimum Gasteiger partial charge on any atom is -0.462 e. The third-order valence-electron chi connectivity index (χ3n) is 6.88. The van der Waals surface area contributed by atoms with Gasteiger partial charge >= 0.3 is 11.9 Å². The zero-order chi connectivity index (χ0) is 29.7. The number of esters is 2. The molecule has 1 aromatic carbocycles. The van der Waals surface area contributed by atoms with Gasteiger partial charge in [-0.3, -0.25) is 19.7 Å². The van der Waals surface area contributed by atoms with Crippen molar-refractivity contribution in [2.75, 3.05) is 13.2 Å². The Morgan fingerprint density at radius 2 is 1.90 bits per heavy atom. The van der Waals surface area contributed by atoms with Gasteiger partial charge < -0.3 is 19.0 Å². The van der Waals surface area contributed by atoms with Crippen LogP contribution in [0.5, 0.6) is 5.75 Å². The summed E-state index contributed by atoms with van der Waals surface area (Å²) in [5.41, 5.74) is 2.35. The van der Waals surface area contributed by atoms with E-state index in [4.69, 9.17) is 19.0 Å². The summed E-state index contributed by atoms with van der Waals surface area (Å²) in [6, 6.07) is 5.82. The topological polar surface area (TPSA) is 127 Å². The second kappa shape index (κ2) is 15.9. The predicted molar refractivity (Wildman–Crippen MR) is 152 cm³/mol. The molecule has 0 aliphatic carbocycles. The van der Waals surface area contributed by atoms with Gasteiger partial charge in [-0.15, -0.1) is 0 Å². The van der Waals surface area contributed by atoms with Gasteiger partial charge in [-0.1, -0.05) is 23.7 Å². The van der Waals surface area contributed by atoms with Crippen LogP contribution in [0.1, 0.15) is 80.1 Å². The molecule has 10 nitrogen and oxygen atoms in total. The molecule has 1 aromatic rings. The summed E-state index contributed by atoms with van der Waals surface area (Å²) in [4.78, 5) is 39.0. The van der Waals surface area contributed by atoms with Crippen LogP contribution in [0.3, 0.4) is 0 Å². The zero-order valence-corrected chi connectivity index (χ0v) is 24.4. The fraction of sp³-hybridized carbons (Fsp3) is 0.567. The first kappa shape index (κ1) is 32.7. The third kappa shape index (κ3) is 11.3. The number of nitrogens with zero attached hydrogens (tertiary/aromatic N) is 2. The van der Waals surface area contributed by atoms with Crippen LogP contribution in [0.15, 0.2) is 52.7 Å². The number of benzene rings is 1. The van der Waals surface area contributed by atoms with Crippen molar-refractivity contribution in [2.24, 2.45) is 11.1 Å². The molecule has 1 unspecified atom stereocenters. The van der Waals surface area contributed by atoms with Gasteiger partial charge in [0.25, 0.3) is 5.69 Å². The molecule has 0 radical (unpaired) electrons. The standard InChI is InChI=1S/C30H42N2O8/c1-21(2)9-15-28(31-40-27-13-11-26(12-14-27)32(35)36)22(3)8-7-18-30(6)29(39-24(5)34)16-10-25(20-38-30)17-19-37-23(4)33/h9,11-14,17,22,29H,7-8,10,15-16,18-20H2,1-6H3/b25-17+,31-28+/t22?,29-,30+/m1/s1. The predicted octanol–water partition coefficient (Wildman–Crippen LogP) is 6.48. The normalized spacial score (nSPS) is 21.2. The summed E-state index contributed by atoms with van der Waals surface area (Å²) in [7, 11) is 0. The second-order valence-electron chi connectivity index (χ2n) is 10.6. The molecule has 0 saturated carbocycles. The Morgan fingerprint density at radius 3 is 2.50 bits per heavy atom. The third-order valence-corrected chi connectivity index (χ3v) is 6.88. The van der Waals surface area contributed by atoms with Crippen LogP contribution in [0.4, 0.5) is 5.69 Å². The summed E-state index contributed by atoms with van der Waals surface area (Å²) in [6.45, 7) is 11.5. The molecule has 1 heterocycles. The molecule has 1 aliphatic heterocycles. The Hall–Kier alpha value is -3.53. The zero-order valence-electron chi connectivity index (χ0n) is 24.4. The SMILES string of the molecule is CC(=O)OC/C=C1\CC[C@@H](OC(C)=O)[C@](C)(CCCC(C)/C(CC=C(C)C)=N/Oc2ccc([N+](=O)[O-])cc2)OC1. The first-order valence-corrected chi connectivity index (χ1v) is 13.6. The number of nitro benzene ring substituents is 1. The van der Waals surface area contributed by atoms with Crippen molar-refractivity contribution < 1.29 is 33.6 Å². The molecule has 0 spiro atoms. The monoisotopic (exact) mass is 558 g/mol. The number of carbonyl (C=O) groups is 2. The van der Waals surface area contributed by atoms with Crippen LogP contribution in [-0.4, -0.2) is 47.5 Å². The average molecular weight is 559 g/mol. The van der Waals surface area contributed by atoms with Crippen molar-refractivity contribution in [3.63, 3.8) is 0 Å². The number of nitro groups is 1. The average Bonchev–Trinajstić information content (AvgIpc) is 3.02. The maximum atomic E-state index is 11.9. The van der Waals surface area contributed by atoms with E-state index in [9.17, 15) is 19.7 Å². The number of hydrogen-bond acceptors (Lipinski definition) is 9. The molecule has 0 bridgehead atoms. The van der Waals surface area contributed by atoms with E-state index < -0.39 is 16.6 Å². The Bertz CT molecular complexity index is 1110. The van der Waals surface area contributed by atoms with Crippen molar-refractivity contribution in [1.29, 1.82) is 0 Å². The first-order chi connectivity index (χ1) is 18.9. The molecule has 1 fully saturated rings. The van der Waals surface area contributed by atoms with E-state index in [1.54, 1.807) is 0 Å². The van der Waals surface area contributed by atoms with Gasteiger partial charge in [-0.05, 0) is 82.6 Å². The van der Waals surface area contributed by atoms with Crippen molar-refractivity contribution >= 4 is 23.3 Å². The highest BCUT2D eigenvalue weighted by atomic mass is 16.6. The molecule has 3 atom stereocenters. The second-order valence-corrected chi connectivity index (χ2v) is 10.6. The highest BCUT2D eigenvalue weighted by Gasteiger charge is 2.39. The lowest BCUT2D eigenvalue weighted by atomic mass is 9.87. The van der Waals surface area contributed by atoms with Crippen LogP contribution in [0, 0.1) is 16.0 Å². The van der Waals surface area contributed by atoms with Crippen molar-refractivity contribution in [3.8, 4) is 5.75 Å². The van der Waals surface area contributed by atoms with Crippen molar-refractivity contribution in [3.05, 3.63) is 57.7 Å². The number of oxime groups is 1. The Morgan fingerprint density at radius 1 is 1.20 bits per heavy atom. The van der Waals surface area contributed by atoms with Crippen LogP contribution >= 0.6 is 0 Å². The number of carbonyl (C=O) groups excluding carboxylic acids is 2. The maximum Gasteiger partial charge on any atom is 0.303 e. The van der Waals surface area contributed by atoms with Gasteiger partial charge in [0.1, 0.15) is 18.3 Å². The smallest absolute Gasteiger partial charge is 0.303 e. The molecule has 1 saturated heterocycles. The maximum absolute atomic E-state index is 11.9. The molecule has 220 valence electrons. The Kier molecular flexibility index (Phi) is 13.0. The molecule has 10 heteroatoms. The summed E-state index contributed by atoms with van der Waals surface area (Å²) in [5, 5.41) is 15.3. The summed E-state index contributed by atoms with van der Waals surface area (Å²) < 4.78 is 17.0. The van der Waals surface area contributed by atoms with Gasteiger partial charge in [0.05, 0.1) is 17.2 Å². The molecule has 2 rings (SSSR count). The highest BCUT2D eigenvalue weighted by molar-refractivity contribution is 5.87. The van der Waals surface area contributed by atoms with Gasteiger partial charge in [-0.2, -0.15) is 0 Å². The van der Waals surface area contributed by atoms with Gasteiger partial charge in [0.15, 0.2) is 5.75 Å². The van der Waals surface area contributed by atoms with Gasteiger partial charge in [-0.25, -0.2) is 0 Å². The molecule has 0 N–H and O–H groups in total. The first-order valence-electron chi connectivity index (χ1n) is 13.6. The number of hydrogen-bond donors (Lipinski definition) is 0. The van der Waals surface area contributed by atoms with Gasteiger partial charge in [0.2, 0.25) is 0 Å². The number of ether oxygens (including phenoxy) is 3. The summed E-state index contributed by atoms with van der Waals surface area (Å²) >= 11 is 0. The quantitative estimate of drug-likeness (QED) is 0.0885. The largest absolute Gasteiger partial charge is 0.462 e. The van der Waals surface area contributed by atoms with E-state index in [1.165, 1.54) is 38.1 Å². The van der Waals surface area contributed by atoms with E-state index in [1.807, 2.05) is 26.8 Å². The molecule has 1 aliphatic rings. The van der Waals surface area contributed by atoms with Crippen molar-refractivity contribution in [2.45, 2.75) is 91.8 Å². The summed E-state index contributed by atoms with van der Waals surface area (Å²) in [5.74, 6) is -0.170. The van der Waals surface area contributed by atoms with E-state index in [2.05, 4.69) is 18.2 Å². The van der Waals surface area contributed by atoms with Crippen molar-refractivity contribution in [1.82, 2.24) is 0 Å². The molecule has 0 amide bonds. The molecular formula is C30H42N2O8. The fourth-order valence-electron chi connectivity index (χ4n) is 4.40. The minimum absolute atomic E-state index is 0.0113. The fourth-order valence-corrected chi connectivity index (χ4v) is 4.40. The minimum atomic E-state index is -0.672. The Balaban J connectivity index is 2.08. The van der Waals surface area contributed by atoms with Crippen LogP contribution in [0.2, 0.25) is 0 Å². The summed E-state index contributed by atoms with van der Waals surface area (Å²) in [6.07, 6.45) is 7.75. The van der Waals surface area contributed by atoms with E-state index in [-0.39, 0.29) is 30.2 Å². The molecule has 40 heavy (non-hydrogen) atoms. The van der Waals surface area contributed by atoms with Crippen LogP contribution in [-0.2, 0) is 23.8 Å². The molecular weight excluding hydrogens is 516 g/mol. The van der Waals surface area contributed by atoms with E-state index in [0.717, 1.165) is 29.7 Å². The lowest BCUT2D eigenvalue weighted by Crippen LogP contribution is -2.43. The molecule has 0 aromatic heterocycles. The number of rotatable bonds is 13. The Labute approximate surface area is 236 Å². The lowest BCUT2D eigenvalue weighted by molar-refractivity contribution is -0.384. The van der Waals surface area contributed by atoms with Crippen LogP contribution < -0.4 is 4.84 Å². The van der Waals surface area contributed by atoms with E-state index >= 15 is 0 Å². The lowest BCUT2D eigenvalue weighted by Gasteiger charge is -2.35. The van der Waals surface area contributed by atoms with E-state index in [0.29, 0.717) is 38.0 Å². The van der Waals surface area contributed by atoms with Gasteiger partial charge in [0, 0.05) is 32.4 Å². The number of non-ortho nitro benzene ring substituents is 1. The highest BCUT2D eigenvalue weighted by Crippen LogP contribution is 2.34. The number of allylic oxidation sites excluding steroid dienone is 2. The van der Waals surface area contributed by atoms with Crippen LogP contribution in [0.25, 0.3) is 0 Å².